The Morgan fingerprint density at radius 1 is 1.15 bits per heavy atom. The Labute approximate surface area is 154 Å². The maximum Gasteiger partial charge on any atom is 0.325 e. The minimum atomic E-state index is -0.355. The number of hydrogen-bond acceptors (Lipinski definition) is 5. The second-order valence-corrected chi connectivity index (χ2v) is 6.41. The number of rotatable bonds is 9. The van der Waals surface area contributed by atoms with Crippen molar-refractivity contribution in [2.45, 2.75) is 20.3 Å². The van der Waals surface area contributed by atoms with Crippen LogP contribution in [0.4, 0.5) is 5.69 Å². The van der Waals surface area contributed by atoms with Crippen molar-refractivity contribution in [3.63, 3.8) is 0 Å². The summed E-state index contributed by atoms with van der Waals surface area (Å²) in [6.45, 7) is 5.03. The van der Waals surface area contributed by atoms with Gasteiger partial charge in [0.2, 0.25) is 0 Å². The largest absolute Gasteiger partial charge is 0.494 e. The Kier molecular flexibility index (Phi) is 7.21. The van der Waals surface area contributed by atoms with Crippen LogP contribution in [-0.4, -0.2) is 31.9 Å². The molecule has 0 aliphatic heterocycles. The maximum atomic E-state index is 11.4. The molecule has 0 radical (unpaired) electrons. The summed E-state index contributed by atoms with van der Waals surface area (Å²) in [5, 5.41) is 11.6. The van der Waals surface area contributed by atoms with Crippen LogP contribution in [0.2, 0.25) is 0 Å². The number of hydrogen-bond donors (Lipinski definition) is 2. The molecule has 0 atom stereocenters. The first-order valence-corrected chi connectivity index (χ1v) is 8.73. The molecule has 0 aromatic heterocycles. The molecule has 5 heteroatoms. The number of anilines is 1. The first-order chi connectivity index (χ1) is 12.5. The van der Waals surface area contributed by atoms with E-state index >= 15 is 0 Å². The molecule has 0 fully saturated rings. The molecule has 2 aromatic carbocycles. The minimum Gasteiger partial charge on any atom is -0.494 e. The van der Waals surface area contributed by atoms with E-state index in [1.54, 1.807) is 0 Å². The summed E-state index contributed by atoms with van der Waals surface area (Å²) in [6, 6.07) is 15.0. The van der Waals surface area contributed by atoms with Crippen molar-refractivity contribution in [1.29, 1.82) is 5.41 Å². The van der Waals surface area contributed by atoms with Crippen LogP contribution in [-0.2, 0) is 9.53 Å². The molecular formula is C21H26N2O3. The molecule has 138 valence electrons. The van der Waals surface area contributed by atoms with Crippen LogP contribution in [0.5, 0.6) is 5.75 Å². The number of carbonyl (C=O) groups excluding carboxylic acids is 1. The van der Waals surface area contributed by atoms with Gasteiger partial charge >= 0.3 is 5.97 Å². The quantitative estimate of drug-likeness (QED) is 0.525. The molecule has 0 heterocycles. The van der Waals surface area contributed by atoms with Crippen molar-refractivity contribution in [3.05, 3.63) is 59.7 Å². The van der Waals surface area contributed by atoms with Crippen LogP contribution in [0.3, 0.4) is 0 Å². The van der Waals surface area contributed by atoms with E-state index in [2.05, 4.69) is 23.9 Å². The number of methoxy groups -OCH3 is 1. The number of para-hydroxylation sites is 1. The van der Waals surface area contributed by atoms with Crippen molar-refractivity contribution < 1.29 is 14.3 Å². The highest BCUT2D eigenvalue weighted by atomic mass is 16.5. The molecule has 0 spiro atoms. The van der Waals surface area contributed by atoms with Crippen molar-refractivity contribution in [1.82, 2.24) is 0 Å². The van der Waals surface area contributed by atoms with Gasteiger partial charge in [0.15, 0.2) is 0 Å². The van der Waals surface area contributed by atoms with Gasteiger partial charge in [0.05, 0.1) is 19.4 Å². The Morgan fingerprint density at radius 3 is 2.65 bits per heavy atom. The Morgan fingerprint density at radius 2 is 1.92 bits per heavy atom. The zero-order chi connectivity index (χ0) is 18.9. The highest BCUT2D eigenvalue weighted by Crippen LogP contribution is 2.22. The molecule has 0 bridgehead atoms. The summed E-state index contributed by atoms with van der Waals surface area (Å²) in [6.07, 6.45) is 0.988. The summed E-state index contributed by atoms with van der Waals surface area (Å²) >= 11 is 0. The lowest BCUT2D eigenvalue weighted by Crippen LogP contribution is -2.17. The molecule has 2 rings (SSSR count). The molecule has 0 saturated carbocycles. The monoisotopic (exact) mass is 354 g/mol. The molecule has 0 amide bonds. The lowest BCUT2D eigenvalue weighted by atomic mass is 10.0. The lowest BCUT2D eigenvalue weighted by Gasteiger charge is -2.14. The van der Waals surface area contributed by atoms with Gasteiger partial charge in [0, 0.05) is 16.8 Å². The first-order valence-electron chi connectivity index (χ1n) is 8.73. The van der Waals surface area contributed by atoms with E-state index in [4.69, 9.17) is 10.1 Å². The molecule has 2 N–H and O–H groups in total. The molecule has 5 nitrogen and oxygen atoms in total. The average molecular weight is 354 g/mol. The van der Waals surface area contributed by atoms with Crippen molar-refractivity contribution in [3.8, 4) is 5.75 Å². The molecule has 26 heavy (non-hydrogen) atoms. The van der Waals surface area contributed by atoms with E-state index in [9.17, 15) is 4.79 Å². The number of carbonyl (C=O) groups is 1. The number of ether oxygens (including phenoxy) is 2. The van der Waals surface area contributed by atoms with Crippen LogP contribution >= 0.6 is 0 Å². The van der Waals surface area contributed by atoms with Gasteiger partial charge in [0.1, 0.15) is 12.3 Å². The van der Waals surface area contributed by atoms with Crippen molar-refractivity contribution in [2.24, 2.45) is 5.92 Å². The second-order valence-electron chi connectivity index (χ2n) is 6.41. The zero-order valence-electron chi connectivity index (χ0n) is 15.5. The lowest BCUT2D eigenvalue weighted by molar-refractivity contribution is -0.138. The van der Waals surface area contributed by atoms with E-state index in [1.165, 1.54) is 7.11 Å². The summed E-state index contributed by atoms with van der Waals surface area (Å²) < 4.78 is 10.4. The summed E-state index contributed by atoms with van der Waals surface area (Å²) in [5.74, 6) is 0.990. The Hall–Kier alpha value is -2.82. The highest BCUT2D eigenvalue weighted by molar-refractivity contribution is 6.14. The maximum absolute atomic E-state index is 11.4. The van der Waals surface area contributed by atoms with Crippen LogP contribution in [0, 0.1) is 11.3 Å². The third kappa shape index (κ3) is 5.62. The van der Waals surface area contributed by atoms with E-state index in [0.29, 0.717) is 23.9 Å². The Balaban J connectivity index is 2.14. The van der Waals surface area contributed by atoms with Gasteiger partial charge in [-0.1, -0.05) is 44.2 Å². The van der Waals surface area contributed by atoms with Gasteiger partial charge in [-0.3, -0.25) is 10.2 Å². The van der Waals surface area contributed by atoms with E-state index in [0.717, 1.165) is 23.3 Å². The molecule has 0 saturated heterocycles. The summed E-state index contributed by atoms with van der Waals surface area (Å²) in [5.41, 5.74) is 2.57. The van der Waals surface area contributed by atoms with Gasteiger partial charge in [-0.2, -0.15) is 0 Å². The third-order valence-electron chi connectivity index (χ3n) is 3.93. The fraction of sp³-hybridized carbons (Fsp3) is 0.333. The standard InChI is InChI=1S/C21H26N2O3/c1-15(2)11-12-26-17-8-6-7-16(13-17)21(22)18-9-4-5-10-19(18)23-14-20(24)25-3/h4-10,13,15,22-23H,11-12,14H2,1-3H3. The normalized spacial score (nSPS) is 10.5. The van der Waals surface area contributed by atoms with Crippen LogP contribution in [0.15, 0.2) is 48.5 Å². The van der Waals surface area contributed by atoms with Crippen molar-refractivity contribution >= 4 is 17.4 Å². The molecule has 2 aromatic rings. The second kappa shape index (κ2) is 9.61. The minimum absolute atomic E-state index is 0.0547. The van der Waals surface area contributed by atoms with Gasteiger partial charge in [-0.05, 0) is 30.5 Å². The SMILES string of the molecule is COC(=O)CNc1ccccc1C(=N)c1cccc(OCCC(C)C)c1. The fourth-order valence-corrected chi connectivity index (χ4v) is 2.40. The van der Waals surface area contributed by atoms with E-state index in [-0.39, 0.29) is 12.5 Å². The topological polar surface area (TPSA) is 71.4 Å². The first kappa shape index (κ1) is 19.5. The smallest absolute Gasteiger partial charge is 0.325 e. The van der Waals surface area contributed by atoms with Crippen LogP contribution in [0.25, 0.3) is 0 Å². The zero-order valence-corrected chi connectivity index (χ0v) is 15.5. The molecule has 0 aliphatic rings. The fourth-order valence-electron chi connectivity index (χ4n) is 2.40. The van der Waals surface area contributed by atoms with E-state index in [1.807, 2.05) is 48.5 Å². The van der Waals surface area contributed by atoms with Gasteiger partial charge in [0.25, 0.3) is 0 Å². The molecule has 0 aliphatic carbocycles. The average Bonchev–Trinajstić information content (AvgIpc) is 2.65. The predicted octanol–water partition coefficient (Wildman–Crippen LogP) is 4.11. The Bertz CT molecular complexity index is 756. The van der Waals surface area contributed by atoms with Crippen molar-refractivity contribution in [2.75, 3.05) is 25.6 Å². The molecule has 0 unspecified atom stereocenters. The third-order valence-corrected chi connectivity index (χ3v) is 3.93. The van der Waals surface area contributed by atoms with Crippen LogP contribution < -0.4 is 10.1 Å². The number of esters is 1. The molecular weight excluding hydrogens is 328 g/mol. The number of benzene rings is 2. The van der Waals surface area contributed by atoms with E-state index < -0.39 is 0 Å². The highest BCUT2D eigenvalue weighted by Gasteiger charge is 2.11. The van der Waals surface area contributed by atoms with Gasteiger partial charge in [-0.15, -0.1) is 0 Å². The van der Waals surface area contributed by atoms with Crippen LogP contribution in [0.1, 0.15) is 31.4 Å². The summed E-state index contributed by atoms with van der Waals surface area (Å²) in [7, 11) is 1.35. The predicted molar refractivity (Wildman–Crippen MR) is 104 cm³/mol. The number of nitrogens with one attached hydrogen (secondary N) is 2. The van der Waals surface area contributed by atoms with Gasteiger partial charge in [-0.25, -0.2) is 0 Å². The summed E-state index contributed by atoms with van der Waals surface area (Å²) in [4.78, 5) is 11.4. The van der Waals surface area contributed by atoms with Gasteiger partial charge < -0.3 is 14.8 Å².